The smallest absolute Gasteiger partial charge is 0.159 e. The number of carbonyl (C=O) groups excluding carboxylic acids is 1. The van der Waals surface area contributed by atoms with Crippen LogP contribution in [0.15, 0.2) is 59.8 Å². The number of benzene rings is 1. The lowest BCUT2D eigenvalue weighted by Crippen LogP contribution is -2.43. The SMILES string of the molecule is C=C(C)C1CC(=O)C(C)=C(C2CC(O)(c3cccc4ncccc34)C2)C1. The number of fused-ring (bicyclic) bond motifs is 1. The predicted octanol–water partition coefficient (Wildman–Crippen LogP) is 4.70. The number of hydrogen-bond donors (Lipinski definition) is 1. The van der Waals surface area contributed by atoms with E-state index in [2.05, 4.69) is 11.6 Å². The van der Waals surface area contributed by atoms with Gasteiger partial charge in [-0.25, -0.2) is 0 Å². The van der Waals surface area contributed by atoms with E-state index >= 15 is 0 Å². The molecule has 134 valence electrons. The summed E-state index contributed by atoms with van der Waals surface area (Å²) in [4.78, 5) is 16.8. The summed E-state index contributed by atoms with van der Waals surface area (Å²) in [6, 6.07) is 9.87. The van der Waals surface area contributed by atoms with Gasteiger partial charge in [0.15, 0.2) is 5.78 Å². The zero-order chi connectivity index (χ0) is 18.5. The van der Waals surface area contributed by atoms with Crippen molar-refractivity contribution in [1.82, 2.24) is 4.98 Å². The summed E-state index contributed by atoms with van der Waals surface area (Å²) in [5, 5.41) is 12.3. The highest BCUT2D eigenvalue weighted by Crippen LogP contribution is 2.53. The number of carbonyl (C=O) groups is 1. The van der Waals surface area contributed by atoms with Crippen molar-refractivity contribution in [2.45, 2.75) is 45.1 Å². The zero-order valence-electron chi connectivity index (χ0n) is 15.5. The average molecular weight is 347 g/mol. The molecule has 0 bridgehead atoms. The molecule has 1 fully saturated rings. The van der Waals surface area contributed by atoms with Gasteiger partial charge < -0.3 is 5.11 Å². The van der Waals surface area contributed by atoms with Crippen molar-refractivity contribution in [1.29, 1.82) is 0 Å². The molecule has 3 heteroatoms. The van der Waals surface area contributed by atoms with Gasteiger partial charge in [0.2, 0.25) is 0 Å². The van der Waals surface area contributed by atoms with Gasteiger partial charge in [-0.05, 0) is 68.2 Å². The molecule has 1 aromatic carbocycles. The van der Waals surface area contributed by atoms with Crippen LogP contribution in [-0.2, 0) is 10.4 Å². The van der Waals surface area contributed by atoms with Crippen LogP contribution in [0, 0.1) is 11.8 Å². The van der Waals surface area contributed by atoms with Crippen molar-refractivity contribution in [3.63, 3.8) is 0 Å². The number of nitrogens with zero attached hydrogens (tertiary/aromatic N) is 1. The van der Waals surface area contributed by atoms with Gasteiger partial charge in [0.1, 0.15) is 0 Å². The fourth-order valence-electron chi connectivity index (χ4n) is 4.60. The van der Waals surface area contributed by atoms with E-state index in [-0.39, 0.29) is 17.6 Å². The molecule has 26 heavy (non-hydrogen) atoms. The Morgan fingerprint density at radius 2 is 2.00 bits per heavy atom. The first-order valence-corrected chi connectivity index (χ1v) is 9.34. The average Bonchev–Trinajstić information content (AvgIpc) is 2.60. The number of aliphatic hydroxyl groups is 1. The molecule has 0 spiro atoms. The quantitative estimate of drug-likeness (QED) is 0.819. The Balaban J connectivity index is 1.62. The van der Waals surface area contributed by atoms with E-state index in [1.54, 1.807) is 6.20 Å². The minimum absolute atomic E-state index is 0.240. The summed E-state index contributed by atoms with van der Waals surface area (Å²) < 4.78 is 0. The van der Waals surface area contributed by atoms with Gasteiger partial charge >= 0.3 is 0 Å². The molecule has 1 unspecified atom stereocenters. The minimum Gasteiger partial charge on any atom is -0.385 e. The third-order valence-corrected chi connectivity index (χ3v) is 6.30. The van der Waals surface area contributed by atoms with Gasteiger partial charge in [-0.3, -0.25) is 9.78 Å². The Morgan fingerprint density at radius 1 is 1.23 bits per heavy atom. The molecular weight excluding hydrogens is 322 g/mol. The summed E-state index contributed by atoms with van der Waals surface area (Å²) in [5.41, 5.74) is 4.26. The standard InChI is InChI=1S/C23H25NO2/c1-14(2)16-10-19(15(3)22(25)11-16)17-12-23(26,13-17)20-7-4-8-21-18(20)6-5-9-24-21/h4-9,16-17,26H,1,10-13H2,2-3H3. The van der Waals surface area contributed by atoms with E-state index in [0.717, 1.165) is 34.0 Å². The molecule has 3 nitrogen and oxygen atoms in total. The second-order valence-corrected chi connectivity index (χ2v) is 8.04. The van der Waals surface area contributed by atoms with Crippen LogP contribution in [0.2, 0.25) is 0 Å². The number of allylic oxidation sites excluding steroid dienone is 3. The lowest BCUT2D eigenvalue weighted by Gasteiger charge is -2.47. The van der Waals surface area contributed by atoms with Crippen LogP contribution in [0.1, 0.15) is 45.1 Å². The van der Waals surface area contributed by atoms with Crippen molar-refractivity contribution in [3.05, 3.63) is 65.4 Å². The topological polar surface area (TPSA) is 50.2 Å². The molecule has 1 saturated carbocycles. The van der Waals surface area contributed by atoms with E-state index in [4.69, 9.17) is 0 Å². The van der Waals surface area contributed by atoms with Crippen molar-refractivity contribution < 1.29 is 9.90 Å². The minimum atomic E-state index is -0.834. The maximum absolute atomic E-state index is 12.4. The summed E-state index contributed by atoms with van der Waals surface area (Å²) in [7, 11) is 0. The molecule has 4 rings (SSSR count). The predicted molar refractivity (Wildman–Crippen MR) is 104 cm³/mol. The fourth-order valence-corrected chi connectivity index (χ4v) is 4.60. The largest absolute Gasteiger partial charge is 0.385 e. The van der Waals surface area contributed by atoms with Crippen LogP contribution >= 0.6 is 0 Å². The summed E-state index contributed by atoms with van der Waals surface area (Å²) in [6.07, 6.45) is 4.61. The molecule has 2 aliphatic carbocycles. The number of pyridine rings is 1. The highest BCUT2D eigenvalue weighted by molar-refractivity contribution is 5.97. The first kappa shape index (κ1) is 17.2. The van der Waals surface area contributed by atoms with Crippen molar-refractivity contribution in [3.8, 4) is 0 Å². The second-order valence-electron chi connectivity index (χ2n) is 8.04. The molecular formula is C23H25NO2. The van der Waals surface area contributed by atoms with Crippen LogP contribution in [0.3, 0.4) is 0 Å². The van der Waals surface area contributed by atoms with Gasteiger partial charge in [-0.15, -0.1) is 0 Å². The second kappa shape index (κ2) is 6.17. The molecule has 1 atom stereocenters. The zero-order valence-corrected chi connectivity index (χ0v) is 15.5. The highest BCUT2D eigenvalue weighted by Gasteiger charge is 2.47. The number of aromatic nitrogens is 1. The van der Waals surface area contributed by atoms with Crippen LogP contribution in [0.25, 0.3) is 10.9 Å². The van der Waals surface area contributed by atoms with Crippen molar-refractivity contribution >= 4 is 16.7 Å². The Labute approximate surface area is 154 Å². The molecule has 0 amide bonds. The fraction of sp³-hybridized carbons (Fsp3) is 0.391. The first-order valence-electron chi connectivity index (χ1n) is 9.34. The Hall–Kier alpha value is -2.26. The van der Waals surface area contributed by atoms with Crippen LogP contribution in [0.5, 0.6) is 0 Å². The lowest BCUT2D eigenvalue weighted by molar-refractivity contribution is -0.117. The summed E-state index contributed by atoms with van der Waals surface area (Å²) >= 11 is 0. The molecule has 0 aliphatic heterocycles. The van der Waals surface area contributed by atoms with Crippen LogP contribution in [0.4, 0.5) is 0 Å². The van der Waals surface area contributed by atoms with E-state index in [1.165, 1.54) is 5.57 Å². The van der Waals surface area contributed by atoms with E-state index < -0.39 is 5.60 Å². The third kappa shape index (κ3) is 2.71. The van der Waals surface area contributed by atoms with Crippen LogP contribution < -0.4 is 0 Å². The third-order valence-electron chi connectivity index (χ3n) is 6.30. The molecule has 1 aromatic heterocycles. The van der Waals surface area contributed by atoms with Gasteiger partial charge in [0, 0.05) is 18.0 Å². The number of hydrogen-bond acceptors (Lipinski definition) is 3. The number of ketones is 1. The normalized spacial score (nSPS) is 29.0. The maximum Gasteiger partial charge on any atom is 0.159 e. The van der Waals surface area contributed by atoms with Crippen LogP contribution in [-0.4, -0.2) is 15.9 Å². The highest BCUT2D eigenvalue weighted by atomic mass is 16.3. The lowest BCUT2D eigenvalue weighted by atomic mass is 9.61. The Morgan fingerprint density at radius 3 is 2.73 bits per heavy atom. The molecule has 1 heterocycles. The van der Waals surface area contributed by atoms with Gasteiger partial charge in [0.05, 0.1) is 11.1 Å². The van der Waals surface area contributed by atoms with Gasteiger partial charge in [-0.2, -0.15) is 0 Å². The Kier molecular flexibility index (Phi) is 4.07. The first-order chi connectivity index (χ1) is 12.4. The number of Topliss-reactive ketones (excluding diaryl/α,β-unsaturated/α-hetero) is 1. The van der Waals surface area contributed by atoms with Gasteiger partial charge in [0.25, 0.3) is 0 Å². The maximum atomic E-state index is 12.4. The molecule has 0 radical (unpaired) electrons. The molecule has 0 saturated heterocycles. The monoisotopic (exact) mass is 347 g/mol. The number of rotatable bonds is 3. The Bertz CT molecular complexity index is 929. The molecule has 1 N–H and O–H groups in total. The van der Waals surface area contributed by atoms with Crippen molar-refractivity contribution in [2.24, 2.45) is 11.8 Å². The molecule has 2 aromatic rings. The molecule has 2 aliphatic rings. The summed E-state index contributed by atoms with van der Waals surface area (Å²) in [5.74, 6) is 0.763. The van der Waals surface area contributed by atoms with E-state index in [9.17, 15) is 9.90 Å². The van der Waals surface area contributed by atoms with E-state index in [0.29, 0.717) is 19.3 Å². The van der Waals surface area contributed by atoms with Crippen molar-refractivity contribution in [2.75, 3.05) is 0 Å². The van der Waals surface area contributed by atoms with E-state index in [1.807, 2.05) is 44.2 Å². The summed E-state index contributed by atoms with van der Waals surface area (Å²) in [6.45, 7) is 8.02. The van der Waals surface area contributed by atoms with Gasteiger partial charge in [-0.1, -0.05) is 35.9 Å².